The Labute approximate surface area is 52.3 Å². The highest BCUT2D eigenvalue weighted by Gasteiger charge is 2.09. The molecule has 1 aliphatic heterocycles. The summed E-state index contributed by atoms with van der Waals surface area (Å²) in [4.78, 5) is 2.21. The molecule has 0 N–H and O–H groups in total. The minimum absolute atomic E-state index is 0.503. The molecule has 1 rings (SSSR count). The molecule has 1 fully saturated rings. The zero-order chi connectivity index (χ0) is 5.98. The second kappa shape index (κ2) is 2.60. The highest BCUT2D eigenvalue weighted by molar-refractivity contribution is 7.85. The maximum atomic E-state index is 10.7. The summed E-state index contributed by atoms with van der Waals surface area (Å²) in [5.74, 6) is 1.74. The van der Waals surface area contributed by atoms with Crippen molar-refractivity contribution in [2.75, 3.05) is 31.6 Å². The van der Waals surface area contributed by atoms with E-state index >= 15 is 0 Å². The van der Waals surface area contributed by atoms with E-state index in [1.807, 2.05) is 0 Å². The molecule has 0 atom stereocenters. The van der Waals surface area contributed by atoms with Crippen molar-refractivity contribution in [1.29, 1.82) is 0 Å². The molecule has 0 aliphatic carbocycles. The molecule has 0 bridgehead atoms. The van der Waals surface area contributed by atoms with E-state index in [1.54, 1.807) is 0 Å². The Bertz CT molecular complexity index is 94.6. The van der Waals surface area contributed by atoms with E-state index in [9.17, 15) is 4.21 Å². The van der Waals surface area contributed by atoms with Crippen LogP contribution in [-0.4, -0.2) is 40.8 Å². The summed E-state index contributed by atoms with van der Waals surface area (Å²) in [7, 11) is 1.56. The Morgan fingerprint density at radius 2 is 1.88 bits per heavy atom. The maximum Gasteiger partial charge on any atom is 0.0362 e. The fourth-order valence-electron chi connectivity index (χ4n) is 0.729. The smallest absolute Gasteiger partial charge is 0.0362 e. The molecule has 0 unspecified atom stereocenters. The van der Waals surface area contributed by atoms with Gasteiger partial charge in [0.1, 0.15) is 0 Å². The Hall–Kier alpha value is 0.110. The number of nitrogens with zero attached hydrogens (tertiary/aromatic N) is 1. The van der Waals surface area contributed by atoms with Crippen LogP contribution >= 0.6 is 0 Å². The molecule has 3 heteroatoms. The molecule has 48 valence electrons. The molecule has 0 aromatic carbocycles. The van der Waals surface area contributed by atoms with Crippen LogP contribution in [0, 0.1) is 0 Å². The van der Waals surface area contributed by atoms with Gasteiger partial charge in [-0.1, -0.05) is 0 Å². The number of hydrogen-bond acceptors (Lipinski definition) is 2. The van der Waals surface area contributed by atoms with Gasteiger partial charge < -0.3 is 4.90 Å². The minimum Gasteiger partial charge on any atom is -0.305 e. The first kappa shape index (κ1) is 6.23. The Morgan fingerprint density at radius 3 is 2.25 bits per heavy atom. The molecule has 0 saturated carbocycles. The molecule has 0 spiro atoms. The molecule has 1 saturated heterocycles. The first-order valence-corrected chi connectivity index (χ1v) is 4.31. The largest absolute Gasteiger partial charge is 0.305 e. The van der Waals surface area contributed by atoms with Crippen LogP contribution in [0.2, 0.25) is 0 Å². The molecule has 0 aromatic rings. The SMILES string of the molecule is CN1CCS(=O)CC1. The van der Waals surface area contributed by atoms with Crippen molar-refractivity contribution in [3.8, 4) is 0 Å². The second-order valence-electron chi connectivity index (χ2n) is 2.15. The molecule has 0 radical (unpaired) electrons. The van der Waals surface area contributed by atoms with Gasteiger partial charge in [-0.15, -0.1) is 0 Å². The van der Waals surface area contributed by atoms with Crippen LogP contribution in [0.25, 0.3) is 0 Å². The third-order valence-electron chi connectivity index (χ3n) is 1.40. The molecular weight excluding hydrogens is 122 g/mol. The van der Waals surface area contributed by atoms with Crippen molar-refractivity contribution in [3.63, 3.8) is 0 Å². The predicted octanol–water partition coefficient (Wildman–Crippen LogP) is -0.319. The summed E-state index contributed by atoms with van der Waals surface area (Å²) in [6.45, 7) is 2.01. The van der Waals surface area contributed by atoms with Crippen LogP contribution in [0.3, 0.4) is 0 Å². The molecule has 2 nitrogen and oxygen atoms in total. The topological polar surface area (TPSA) is 20.3 Å². The van der Waals surface area contributed by atoms with Crippen molar-refractivity contribution in [2.45, 2.75) is 0 Å². The van der Waals surface area contributed by atoms with Crippen molar-refractivity contribution in [1.82, 2.24) is 4.90 Å². The van der Waals surface area contributed by atoms with E-state index < -0.39 is 10.8 Å². The predicted molar refractivity (Wildman–Crippen MR) is 35.4 cm³/mol. The van der Waals surface area contributed by atoms with Crippen LogP contribution in [0.4, 0.5) is 0 Å². The zero-order valence-corrected chi connectivity index (χ0v) is 5.91. The molecule has 0 amide bonds. The molecule has 1 heterocycles. The average Bonchev–Trinajstić information content (AvgIpc) is 1.77. The number of hydrogen-bond donors (Lipinski definition) is 0. The maximum absolute atomic E-state index is 10.7. The minimum atomic E-state index is -0.503. The van der Waals surface area contributed by atoms with Crippen LogP contribution < -0.4 is 0 Å². The van der Waals surface area contributed by atoms with Crippen LogP contribution in [0.1, 0.15) is 0 Å². The fourth-order valence-corrected chi connectivity index (χ4v) is 1.96. The van der Waals surface area contributed by atoms with Gasteiger partial charge in [-0.2, -0.15) is 0 Å². The summed E-state index contributed by atoms with van der Waals surface area (Å²) >= 11 is 0. The van der Waals surface area contributed by atoms with Gasteiger partial charge in [-0.25, -0.2) is 0 Å². The van der Waals surface area contributed by atoms with E-state index in [-0.39, 0.29) is 0 Å². The summed E-state index contributed by atoms with van der Waals surface area (Å²) in [5.41, 5.74) is 0. The zero-order valence-electron chi connectivity index (χ0n) is 5.09. The lowest BCUT2D eigenvalue weighted by Gasteiger charge is -2.20. The van der Waals surface area contributed by atoms with Gasteiger partial charge in [0, 0.05) is 35.4 Å². The summed E-state index contributed by atoms with van der Waals surface area (Å²) in [6, 6.07) is 0. The van der Waals surface area contributed by atoms with E-state index in [2.05, 4.69) is 11.9 Å². The lowest BCUT2D eigenvalue weighted by Crippen LogP contribution is -2.34. The highest BCUT2D eigenvalue weighted by Crippen LogP contribution is 1.94. The first-order chi connectivity index (χ1) is 3.79. The van der Waals surface area contributed by atoms with E-state index in [0.717, 1.165) is 24.6 Å². The third kappa shape index (κ3) is 1.56. The third-order valence-corrected chi connectivity index (χ3v) is 2.68. The van der Waals surface area contributed by atoms with Gasteiger partial charge in [0.15, 0.2) is 0 Å². The Kier molecular flexibility index (Phi) is 2.02. The van der Waals surface area contributed by atoms with Crippen LogP contribution in [0.5, 0.6) is 0 Å². The standard InChI is InChI=1S/C5H11NOS/c1-6-2-4-8(7)5-3-6/h2-5H2,1H3. The summed E-state index contributed by atoms with van der Waals surface area (Å²) < 4.78 is 10.7. The second-order valence-corrected chi connectivity index (χ2v) is 3.85. The van der Waals surface area contributed by atoms with Gasteiger partial charge in [0.25, 0.3) is 0 Å². The first-order valence-electron chi connectivity index (χ1n) is 2.82. The van der Waals surface area contributed by atoms with Crippen LogP contribution in [-0.2, 0) is 10.8 Å². The lowest BCUT2D eigenvalue weighted by molar-refractivity contribution is 0.367. The van der Waals surface area contributed by atoms with Gasteiger partial charge in [-0.3, -0.25) is 4.21 Å². The Balaban J connectivity index is 2.29. The molecular formula is C5H11NOS. The fraction of sp³-hybridized carbons (Fsp3) is 1.00. The number of rotatable bonds is 0. The van der Waals surface area contributed by atoms with E-state index in [0.29, 0.717) is 0 Å². The summed E-state index contributed by atoms with van der Waals surface area (Å²) in [5, 5.41) is 0. The van der Waals surface area contributed by atoms with Gasteiger partial charge >= 0.3 is 0 Å². The van der Waals surface area contributed by atoms with E-state index in [1.165, 1.54) is 0 Å². The van der Waals surface area contributed by atoms with Gasteiger partial charge in [0.05, 0.1) is 0 Å². The molecule has 0 aromatic heterocycles. The van der Waals surface area contributed by atoms with Crippen molar-refractivity contribution < 1.29 is 4.21 Å². The van der Waals surface area contributed by atoms with Gasteiger partial charge in [-0.05, 0) is 7.05 Å². The average molecular weight is 133 g/mol. The van der Waals surface area contributed by atoms with Crippen molar-refractivity contribution in [3.05, 3.63) is 0 Å². The normalized spacial score (nSPS) is 26.1. The highest BCUT2D eigenvalue weighted by atomic mass is 32.2. The molecule has 1 aliphatic rings. The van der Waals surface area contributed by atoms with E-state index in [4.69, 9.17) is 0 Å². The monoisotopic (exact) mass is 133 g/mol. The van der Waals surface area contributed by atoms with Crippen molar-refractivity contribution >= 4 is 10.8 Å². The van der Waals surface area contributed by atoms with Crippen LogP contribution in [0.15, 0.2) is 0 Å². The van der Waals surface area contributed by atoms with Crippen molar-refractivity contribution in [2.24, 2.45) is 0 Å². The lowest BCUT2D eigenvalue weighted by atomic mass is 10.6. The summed E-state index contributed by atoms with van der Waals surface area (Å²) in [6.07, 6.45) is 0. The quantitative estimate of drug-likeness (QED) is 0.451. The van der Waals surface area contributed by atoms with Gasteiger partial charge in [0.2, 0.25) is 0 Å². The molecule has 8 heavy (non-hydrogen) atoms. The Morgan fingerprint density at radius 1 is 1.38 bits per heavy atom.